The highest BCUT2D eigenvalue weighted by atomic mass is 35.5. The number of fused-ring (bicyclic) bond motifs is 1. The third-order valence-corrected chi connectivity index (χ3v) is 5.45. The van der Waals surface area contributed by atoms with Gasteiger partial charge in [0.1, 0.15) is 11.4 Å². The number of hydrogen-bond acceptors (Lipinski definition) is 8. The van der Waals surface area contributed by atoms with Gasteiger partial charge in [-0.25, -0.2) is 9.78 Å². The first-order valence-electron chi connectivity index (χ1n) is 9.94. The summed E-state index contributed by atoms with van der Waals surface area (Å²) in [5, 5.41) is 11.3. The molecule has 0 unspecified atom stereocenters. The van der Waals surface area contributed by atoms with Crippen LogP contribution in [0.3, 0.4) is 0 Å². The van der Waals surface area contributed by atoms with Gasteiger partial charge in [-0.15, -0.1) is 0 Å². The summed E-state index contributed by atoms with van der Waals surface area (Å²) in [7, 11) is 1.77. The number of anilines is 1. The van der Waals surface area contributed by atoms with E-state index >= 15 is 0 Å². The molecule has 30 heavy (non-hydrogen) atoms. The van der Waals surface area contributed by atoms with E-state index in [2.05, 4.69) is 14.9 Å². The Balaban J connectivity index is 1.66. The summed E-state index contributed by atoms with van der Waals surface area (Å²) in [6.07, 6.45) is -0.461. The lowest BCUT2D eigenvalue weighted by molar-refractivity contribution is -0.109. The van der Waals surface area contributed by atoms with Crippen molar-refractivity contribution in [3.05, 3.63) is 11.1 Å². The molecule has 0 radical (unpaired) electrons. The first-order valence-corrected chi connectivity index (χ1v) is 10.3. The highest BCUT2D eigenvalue weighted by Gasteiger charge is 2.49. The maximum absolute atomic E-state index is 12.3. The van der Waals surface area contributed by atoms with E-state index in [4.69, 9.17) is 26.1 Å². The number of hydrogen-bond donors (Lipinski definition) is 1. The molecule has 0 aliphatic carbocycles. The molecule has 0 spiro atoms. The molecule has 11 heteroatoms. The fourth-order valence-corrected chi connectivity index (χ4v) is 4.02. The predicted octanol–water partition coefficient (Wildman–Crippen LogP) is 1.68. The predicted molar refractivity (Wildman–Crippen MR) is 111 cm³/mol. The van der Waals surface area contributed by atoms with Gasteiger partial charge in [-0.1, -0.05) is 0 Å². The number of morpholine rings is 1. The number of aliphatic hydroxyl groups is 1. The molecule has 4 rings (SSSR count). The summed E-state index contributed by atoms with van der Waals surface area (Å²) < 4.78 is 12.6. The van der Waals surface area contributed by atoms with E-state index in [1.807, 2.05) is 6.92 Å². The van der Waals surface area contributed by atoms with Gasteiger partial charge in [0.15, 0.2) is 22.6 Å². The molecule has 2 saturated heterocycles. The average Bonchev–Trinajstić information content (AvgIpc) is 2.94. The summed E-state index contributed by atoms with van der Waals surface area (Å²) in [6.45, 7) is 9.46. The summed E-state index contributed by atoms with van der Waals surface area (Å²) >= 11 is 6.21. The number of imidazole rings is 1. The van der Waals surface area contributed by atoms with Crippen molar-refractivity contribution >= 4 is 34.7 Å². The number of aryl methyl sites for hydroxylation is 1. The first kappa shape index (κ1) is 21.1. The summed E-state index contributed by atoms with van der Waals surface area (Å²) in [4.78, 5) is 29.3. The first-order chi connectivity index (χ1) is 14.0. The largest absolute Gasteiger partial charge is 0.444 e. The van der Waals surface area contributed by atoms with Gasteiger partial charge >= 0.3 is 6.09 Å². The molecule has 10 nitrogen and oxygen atoms in total. The highest BCUT2D eigenvalue weighted by molar-refractivity contribution is 6.28. The van der Waals surface area contributed by atoms with Crippen LogP contribution < -0.4 is 4.90 Å². The van der Waals surface area contributed by atoms with Gasteiger partial charge in [-0.3, -0.25) is 0 Å². The second kappa shape index (κ2) is 7.21. The third kappa shape index (κ3) is 3.67. The van der Waals surface area contributed by atoms with Crippen LogP contribution in [0.2, 0.25) is 5.28 Å². The Morgan fingerprint density at radius 3 is 2.63 bits per heavy atom. The molecule has 0 aromatic carbocycles. The van der Waals surface area contributed by atoms with Gasteiger partial charge < -0.3 is 28.9 Å². The Bertz CT molecular complexity index is 982. The van der Waals surface area contributed by atoms with Gasteiger partial charge in [0.2, 0.25) is 5.28 Å². The lowest BCUT2D eigenvalue weighted by Gasteiger charge is -2.45. The highest BCUT2D eigenvalue weighted by Crippen LogP contribution is 2.36. The molecule has 2 aliphatic rings. The standard InChI is InChI=1S/C19H27ClN6O4/c1-11-8-29-7-6-26(11)14-12-13(22-16(20)23-14)24(5)15(21-12)19(28)9-25(10-19)17(27)30-18(2,3)4/h11,28H,6-10H2,1-5H3/t11-/m0/s1. The maximum atomic E-state index is 12.3. The molecule has 2 fully saturated rings. The number of ether oxygens (including phenoxy) is 2. The number of carbonyl (C=O) groups excluding carboxylic acids is 1. The van der Waals surface area contributed by atoms with Gasteiger partial charge in [0.25, 0.3) is 0 Å². The molecular formula is C19H27ClN6O4. The number of amides is 1. The molecule has 1 amide bonds. The number of halogens is 1. The van der Waals surface area contributed by atoms with Gasteiger partial charge in [0.05, 0.1) is 32.3 Å². The third-order valence-electron chi connectivity index (χ3n) is 5.29. The van der Waals surface area contributed by atoms with E-state index in [0.29, 0.717) is 42.6 Å². The zero-order valence-corrected chi connectivity index (χ0v) is 18.6. The number of nitrogens with zero attached hydrogens (tertiary/aromatic N) is 6. The second-order valence-corrected chi connectivity index (χ2v) is 9.31. The normalized spacial score (nSPS) is 21.6. The SMILES string of the molecule is C[C@H]1COCCN1c1nc(Cl)nc2c1nc(C1(O)CN(C(=O)OC(C)(C)C)C1)n2C. The lowest BCUT2D eigenvalue weighted by atomic mass is 9.93. The van der Waals surface area contributed by atoms with E-state index in [1.165, 1.54) is 4.90 Å². The van der Waals surface area contributed by atoms with Gasteiger partial charge in [-0.2, -0.15) is 9.97 Å². The molecule has 2 aromatic heterocycles. The minimum atomic E-state index is -1.30. The number of likely N-dealkylation sites (tertiary alicyclic amines) is 1. The fourth-order valence-electron chi connectivity index (χ4n) is 3.86. The minimum absolute atomic E-state index is 0.0868. The minimum Gasteiger partial charge on any atom is -0.444 e. The van der Waals surface area contributed by atoms with Crippen LogP contribution in [0.5, 0.6) is 0 Å². The number of rotatable bonds is 2. The maximum Gasteiger partial charge on any atom is 0.410 e. The van der Waals surface area contributed by atoms with Crippen molar-refractivity contribution in [2.75, 3.05) is 37.7 Å². The van der Waals surface area contributed by atoms with Crippen LogP contribution in [0.1, 0.15) is 33.5 Å². The van der Waals surface area contributed by atoms with Crippen molar-refractivity contribution in [2.24, 2.45) is 7.05 Å². The Morgan fingerprint density at radius 2 is 2.00 bits per heavy atom. The van der Waals surface area contributed by atoms with Crippen molar-refractivity contribution in [3.63, 3.8) is 0 Å². The van der Waals surface area contributed by atoms with Crippen molar-refractivity contribution in [2.45, 2.75) is 44.9 Å². The zero-order valence-electron chi connectivity index (χ0n) is 17.8. The average molecular weight is 439 g/mol. The monoisotopic (exact) mass is 438 g/mol. The zero-order chi connectivity index (χ0) is 21.8. The van der Waals surface area contributed by atoms with Crippen LogP contribution in [-0.4, -0.2) is 80.1 Å². The van der Waals surface area contributed by atoms with Crippen LogP contribution >= 0.6 is 11.6 Å². The van der Waals surface area contributed by atoms with Gasteiger partial charge in [0, 0.05) is 13.6 Å². The van der Waals surface area contributed by atoms with Crippen LogP contribution in [0.25, 0.3) is 11.2 Å². The van der Waals surface area contributed by atoms with E-state index in [9.17, 15) is 9.90 Å². The van der Waals surface area contributed by atoms with Crippen LogP contribution in [0.4, 0.5) is 10.6 Å². The molecule has 164 valence electrons. The molecule has 0 saturated carbocycles. The molecular weight excluding hydrogens is 412 g/mol. The molecule has 1 atom stereocenters. The van der Waals surface area contributed by atoms with Gasteiger partial charge in [-0.05, 0) is 39.3 Å². The number of aromatic nitrogens is 4. The Labute approximate surface area is 179 Å². The van der Waals surface area contributed by atoms with Crippen molar-refractivity contribution in [3.8, 4) is 0 Å². The Kier molecular flexibility index (Phi) is 5.06. The smallest absolute Gasteiger partial charge is 0.410 e. The second-order valence-electron chi connectivity index (χ2n) is 8.97. The molecule has 1 N–H and O–H groups in total. The summed E-state index contributed by atoms with van der Waals surface area (Å²) in [5.74, 6) is 1.03. The van der Waals surface area contributed by atoms with Crippen molar-refractivity contribution < 1.29 is 19.4 Å². The number of β-amino-alcohol motifs (C(OH)–C–C–N with tert-alkyl or cyclic N) is 1. The van der Waals surface area contributed by atoms with Crippen molar-refractivity contribution in [1.82, 2.24) is 24.4 Å². The van der Waals surface area contributed by atoms with E-state index in [-0.39, 0.29) is 24.4 Å². The van der Waals surface area contributed by atoms with E-state index in [0.717, 1.165) is 0 Å². The summed E-state index contributed by atoms with van der Waals surface area (Å²) in [5.41, 5.74) is -0.802. The number of carbonyl (C=O) groups is 1. The van der Waals surface area contributed by atoms with Crippen LogP contribution in [0.15, 0.2) is 0 Å². The van der Waals surface area contributed by atoms with Crippen LogP contribution in [0, 0.1) is 0 Å². The molecule has 0 bridgehead atoms. The fraction of sp³-hybridized carbons (Fsp3) is 0.684. The topological polar surface area (TPSA) is 106 Å². The van der Waals surface area contributed by atoms with E-state index < -0.39 is 17.3 Å². The summed E-state index contributed by atoms with van der Waals surface area (Å²) in [6, 6.07) is 0.104. The van der Waals surface area contributed by atoms with Crippen molar-refractivity contribution in [1.29, 1.82) is 0 Å². The molecule has 2 aromatic rings. The van der Waals surface area contributed by atoms with Crippen LogP contribution in [-0.2, 0) is 22.1 Å². The molecule has 4 heterocycles. The molecule has 2 aliphatic heterocycles. The quantitative estimate of drug-likeness (QED) is 0.706. The lowest BCUT2D eigenvalue weighted by Crippen LogP contribution is -2.62. The Hall–Kier alpha value is -2.17. The van der Waals surface area contributed by atoms with E-state index in [1.54, 1.807) is 32.4 Å². The Morgan fingerprint density at radius 1 is 1.30 bits per heavy atom.